The summed E-state index contributed by atoms with van der Waals surface area (Å²) in [6.07, 6.45) is -11.3. The molecule has 0 aliphatic carbocycles. The molecule has 0 aromatic rings. The molecule has 4 nitrogen and oxygen atoms in total. The van der Waals surface area contributed by atoms with E-state index in [1.807, 2.05) is 0 Å². The van der Waals surface area contributed by atoms with Gasteiger partial charge >= 0.3 is 35.9 Å². The molecule has 0 radical (unpaired) electrons. The number of hydrogen-bond donors (Lipinski definition) is 1. The average molecular weight is 418 g/mol. The molecule has 0 aromatic carbocycles. The highest BCUT2D eigenvalue weighted by Crippen LogP contribution is 2.54. The van der Waals surface area contributed by atoms with Crippen LogP contribution in [-0.2, 0) is 14.3 Å². The fourth-order valence-electron chi connectivity index (χ4n) is 1.80. The van der Waals surface area contributed by atoms with E-state index in [0.29, 0.717) is 0 Å². The number of ether oxygens (including phenoxy) is 1. The van der Waals surface area contributed by atoms with Crippen molar-refractivity contribution >= 4 is 11.9 Å². The van der Waals surface area contributed by atoms with Crippen molar-refractivity contribution in [1.29, 1.82) is 0 Å². The number of unbranched alkanes of at least 4 members (excludes halogenated alkanes) is 1. The van der Waals surface area contributed by atoms with Gasteiger partial charge in [0.1, 0.15) is 6.10 Å². The van der Waals surface area contributed by atoms with E-state index in [2.05, 4.69) is 4.74 Å². The van der Waals surface area contributed by atoms with E-state index < -0.39 is 54.8 Å². The van der Waals surface area contributed by atoms with Gasteiger partial charge in [-0.1, -0.05) is 19.8 Å². The predicted octanol–water partition coefficient (Wildman–Crippen LogP) is 4.59. The van der Waals surface area contributed by atoms with Gasteiger partial charge in [0.05, 0.1) is 6.42 Å². The summed E-state index contributed by atoms with van der Waals surface area (Å²) in [6.45, 7) is 1.51. The number of carboxylic acid groups (broad SMARTS) is 1. The Bertz CT molecular complexity index is 555. The molecule has 0 aromatic heterocycles. The first kappa shape index (κ1) is 25.1. The molecule has 0 aliphatic heterocycles. The minimum atomic E-state index is -7.04. The fraction of sp³-hybridized carbons (Fsp3) is 0.714. The van der Waals surface area contributed by atoms with Crippen LogP contribution in [0.3, 0.4) is 0 Å². The molecule has 0 heterocycles. The Hall–Kier alpha value is -1.95. The summed E-state index contributed by atoms with van der Waals surface area (Å²) in [5, 5.41) is 8.29. The van der Waals surface area contributed by atoms with Gasteiger partial charge in [-0.25, -0.2) is 9.59 Å². The third-order valence-electron chi connectivity index (χ3n) is 3.22. The number of carbonyl (C=O) groups excluding carboxylic acids is 1. The highest BCUT2D eigenvalue weighted by molar-refractivity contribution is 5.90. The van der Waals surface area contributed by atoms with Crippen LogP contribution < -0.4 is 0 Å². The van der Waals surface area contributed by atoms with E-state index in [0.717, 1.165) is 0 Å². The van der Waals surface area contributed by atoms with Crippen molar-refractivity contribution in [3.8, 4) is 0 Å². The van der Waals surface area contributed by atoms with E-state index in [4.69, 9.17) is 5.11 Å². The van der Waals surface area contributed by atoms with Crippen LogP contribution >= 0.6 is 0 Å². The molecule has 1 unspecified atom stereocenters. The first-order valence-electron chi connectivity index (χ1n) is 7.31. The van der Waals surface area contributed by atoms with Crippen LogP contribution in [0.1, 0.15) is 32.6 Å². The molecule has 0 amide bonds. The summed E-state index contributed by atoms with van der Waals surface area (Å²) in [4.78, 5) is 21.5. The van der Waals surface area contributed by atoms with Crippen LogP contribution in [0.25, 0.3) is 0 Å². The van der Waals surface area contributed by atoms with Gasteiger partial charge in [-0.05, 0) is 6.42 Å². The van der Waals surface area contributed by atoms with Gasteiger partial charge in [-0.2, -0.15) is 39.5 Å². The second kappa shape index (κ2) is 8.83. The van der Waals surface area contributed by atoms with Crippen molar-refractivity contribution in [2.24, 2.45) is 0 Å². The van der Waals surface area contributed by atoms with E-state index in [1.165, 1.54) is 6.92 Å². The first-order chi connectivity index (χ1) is 12.0. The van der Waals surface area contributed by atoms with Crippen LogP contribution in [-0.4, -0.2) is 47.1 Å². The highest BCUT2D eigenvalue weighted by atomic mass is 19.4. The molecule has 0 fully saturated rings. The maximum atomic E-state index is 13.6. The van der Waals surface area contributed by atoms with Gasteiger partial charge < -0.3 is 9.84 Å². The molecular formula is C14H15F9O4. The van der Waals surface area contributed by atoms with E-state index in [-0.39, 0.29) is 25.0 Å². The van der Waals surface area contributed by atoms with Crippen molar-refractivity contribution in [2.45, 2.75) is 62.7 Å². The molecule has 0 saturated heterocycles. The summed E-state index contributed by atoms with van der Waals surface area (Å²) in [5.41, 5.74) is 0. The van der Waals surface area contributed by atoms with Gasteiger partial charge in [0, 0.05) is 12.2 Å². The molecule has 0 rings (SSSR count). The molecular weight excluding hydrogens is 403 g/mol. The van der Waals surface area contributed by atoms with Gasteiger partial charge in [-0.15, -0.1) is 0 Å². The number of alkyl halides is 9. The van der Waals surface area contributed by atoms with E-state index in [9.17, 15) is 49.1 Å². The zero-order valence-corrected chi connectivity index (χ0v) is 13.6. The summed E-state index contributed by atoms with van der Waals surface area (Å²) in [6, 6.07) is 0. The van der Waals surface area contributed by atoms with Gasteiger partial charge in [0.2, 0.25) is 0 Å². The summed E-state index contributed by atoms with van der Waals surface area (Å²) >= 11 is 0. The third kappa shape index (κ3) is 6.31. The number of carbonyl (C=O) groups is 2. The molecule has 0 aliphatic rings. The maximum Gasteiger partial charge on any atom is 0.460 e. The fourth-order valence-corrected chi connectivity index (χ4v) is 1.80. The number of esters is 1. The summed E-state index contributed by atoms with van der Waals surface area (Å²) in [7, 11) is 0. The Kier molecular flexibility index (Phi) is 8.19. The van der Waals surface area contributed by atoms with Crippen molar-refractivity contribution in [1.82, 2.24) is 0 Å². The van der Waals surface area contributed by atoms with Crippen LogP contribution in [0.15, 0.2) is 12.2 Å². The van der Waals surface area contributed by atoms with Crippen molar-refractivity contribution in [3.63, 3.8) is 0 Å². The average Bonchev–Trinajstić information content (AvgIpc) is 2.48. The van der Waals surface area contributed by atoms with Crippen LogP contribution in [0, 0.1) is 0 Å². The Labute approximate surface area is 147 Å². The number of aliphatic carboxylic acids is 1. The van der Waals surface area contributed by atoms with Crippen LogP contribution in [0.5, 0.6) is 0 Å². The molecule has 13 heteroatoms. The molecule has 27 heavy (non-hydrogen) atoms. The molecule has 158 valence electrons. The molecule has 1 atom stereocenters. The number of carboxylic acids is 1. The van der Waals surface area contributed by atoms with Crippen molar-refractivity contribution in [2.75, 3.05) is 0 Å². The maximum absolute atomic E-state index is 13.6. The summed E-state index contributed by atoms with van der Waals surface area (Å²) < 4.78 is 120. The first-order valence-corrected chi connectivity index (χ1v) is 7.31. The quantitative estimate of drug-likeness (QED) is 0.320. The Balaban J connectivity index is 5.54. The number of rotatable bonds is 10. The zero-order chi connectivity index (χ0) is 21.7. The predicted molar refractivity (Wildman–Crippen MR) is 71.7 cm³/mol. The highest BCUT2D eigenvalue weighted by Gasteiger charge is 2.81. The monoisotopic (exact) mass is 418 g/mol. The molecule has 0 bridgehead atoms. The van der Waals surface area contributed by atoms with E-state index >= 15 is 0 Å². The minimum Gasteiger partial charge on any atom is -0.478 e. The lowest BCUT2D eigenvalue weighted by atomic mass is 9.96. The van der Waals surface area contributed by atoms with Gasteiger partial charge in [0.25, 0.3) is 0 Å². The third-order valence-corrected chi connectivity index (χ3v) is 3.22. The Morgan fingerprint density at radius 1 is 0.963 bits per heavy atom. The molecule has 1 N–H and O–H groups in total. The Morgan fingerprint density at radius 3 is 1.89 bits per heavy atom. The normalized spacial score (nSPS) is 15.0. The molecule has 0 saturated carbocycles. The minimum absolute atomic E-state index is 0.0160. The standard InChI is InChI=1S/C14H15F9O4/c1-2-3-4-8(27-10(26)6-5-9(24)25)7-11(15,16)12(17,18)13(19,20)14(21,22)23/h5-6,8H,2-4,7H2,1H3,(H,24,25). The second-order valence-electron chi connectivity index (χ2n) is 5.43. The topological polar surface area (TPSA) is 63.6 Å². The smallest absolute Gasteiger partial charge is 0.460 e. The SMILES string of the molecule is CCCCC(CC(F)(F)C(F)(F)C(F)(F)C(F)(F)F)OC(=O)C=CC(=O)O. The van der Waals surface area contributed by atoms with Crippen molar-refractivity contribution < 1.29 is 58.9 Å². The molecule has 0 spiro atoms. The lowest BCUT2D eigenvalue weighted by Crippen LogP contribution is -2.61. The van der Waals surface area contributed by atoms with Crippen LogP contribution in [0.4, 0.5) is 39.5 Å². The Morgan fingerprint density at radius 2 is 1.48 bits per heavy atom. The second-order valence-corrected chi connectivity index (χ2v) is 5.43. The zero-order valence-electron chi connectivity index (χ0n) is 13.6. The number of hydrogen-bond acceptors (Lipinski definition) is 3. The lowest BCUT2D eigenvalue weighted by Gasteiger charge is -2.35. The lowest BCUT2D eigenvalue weighted by molar-refractivity contribution is -0.398. The number of halogens is 9. The van der Waals surface area contributed by atoms with Gasteiger partial charge in [-0.3, -0.25) is 0 Å². The van der Waals surface area contributed by atoms with Crippen LogP contribution in [0.2, 0.25) is 0 Å². The van der Waals surface area contributed by atoms with Gasteiger partial charge in [0.15, 0.2) is 0 Å². The largest absolute Gasteiger partial charge is 0.478 e. The van der Waals surface area contributed by atoms with E-state index in [1.54, 1.807) is 0 Å². The van der Waals surface area contributed by atoms with Crippen molar-refractivity contribution in [3.05, 3.63) is 12.2 Å². The summed E-state index contributed by atoms with van der Waals surface area (Å²) in [5.74, 6) is -22.9.